The molecule has 1 nitrogen and oxygen atoms in total. The minimum Gasteiger partial charge on any atom is -0.314 e. The Kier molecular flexibility index (Phi) is 6.91. The van der Waals surface area contributed by atoms with Crippen molar-refractivity contribution in [2.75, 3.05) is 6.54 Å². The van der Waals surface area contributed by atoms with Crippen molar-refractivity contribution in [2.45, 2.75) is 66.8 Å². The zero-order valence-corrected chi connectivity index (χ0v) is 11.5. The first-order valence-electron chi connectivity index (χ1n) is 6.20. The highest BCUT2D eigenvalue weighted by atomic mass is 14.9. The van der Waals surface area contributed by atoms with Crippen molar-refractivity contribution in [1.82, 2.24) is 5.32 Å². The highest BCUT2D eigenvalue weighted by Gasteiger charge is 2.09. The molecule has 15 heavy (non-hydrogen) atoms. The average Bonchev–Trinajstić information content (AvgIpc) is 2.07. The highest BCUT2D eigenvalue weighted by Crippen LogP contribution is 2.23. The smallest absolute Gasteiger partial charge is 0.00105 e. The second kappa shape index (κ2) is 7.05. The third kappa shape index (κ3) is 11.6. The molecule has 0 heterocycles. The molecule has 1 N–H and O–H groups in total. The minimum absolute atomic E-state index is 0.464. The van der Waals surface area contributed by atoms with Crippen LogP contribution in [0.1, 0.15) is 60.8 Å². The van der Waals surface area contributed by atoms with Crippen LogP contribution in [0, 0.1) is 5.41 Å². The lowest BCUT2D eigenvalue weighted by Crippen LogP contribution is -2.23. The van der Waals surface area contributed by atoms with Gasteiger partial charge in [-0.1, -0.05) is 46.3 Å². The molecule has 0 amide bonds. The summed E-state index contributed by atoms with van der Waals surface area (Å²) in [7, 11) is 0. The van der Waals surface area contributed by atoms with Crippen LogP contribution in [0.15, 0.2) is 11.6 Å². The van der Waals surface area contributed by atoms with Gasteiger partial charge in [-0.05, 0) is 38.1 Å². The summed E-state index contributed by atoms with van der Waals surface area (Å²) in [4.78, 5) is 0. The summed E-state index contributed by atoms with van der Waals surface area (Å²) < 4.78 is 0. The van der Waals surface area contributed by atoms with Crippen molar-refractivity contribution in [3.05, 3.63) is 11.6 Å². The largest absolute Gasteiger partial charge is 0.314 e. The van der Waals surface area contributed by atoms with E-state index in [1.54, 1.807) is 0 Å². The number of rotatable bonds is 6. The maximum Gasteiger partial charge on any atom is 0.00105 e. The van der Waals surface area contributed by atoms with Crippen LogP contribution in [0.25, 0.3) is 0 Å². The van der Waals surface area contributed by atoms with E-state index in [0.29, 0.717) is 11.5 Å². The van der Waals surface area contributed by atoms with Crippen molar-refractivity contribution < 1.29 is 0 Å². The van der Waals surface area contributed by atoms with Crippen molar-refractivity contribution in [2.24, 2.45) is 5.41 Å². The molecule has 0 radical (unpaired) electrons. The Morgan fingerprint density at radius 2 is 1.87 bits per heavy atom. The van der Waals surface area contributed by atoms with Crippen molar-refractivity contribution in [3.8, 4) is 0 Å². The van der Waals surface area contributed by atoms with E-state index in [0.717, 1.165) is 13.0 Å². The van der Waals surface area contributed by atoms with Gasteiger partial charge in [-0.25, -0.2) is 0 Å². The Labute approximate surface area is 96.3 Å². The number of hydrogen-bond donors (Lipinski definition) is 1. The van der Waals surface area contributed by atoms with Crippen LogP contribution in [-0.2, 0) is 0 Å². The SMILES string of the molecule is CC(=CCCNC(C)C)CCC(C)(C)C. The molecule has 0 aliphatic rings. The monoisotopic (exact) mass is 211 g/mol. The first kappa shape index (κ1) is 14.7. The second-order valence-electron chi connectivity index (χ2n) is 6.01. The van der Waals surface area contributed by atoms with Crippen molar-refractivity contribution >= 4 is 0 Å². The van der Waals surface area contributed by atoms with E-state index < -0.39 is 0 Å². The maximum absolute atomic E-state index is 3.43. The van der Waals surface area contributed by atoms with Crippen LogP contribution in [0.3, 0.4) is 0 Å². The van der Waals surface area contributed by atoms with Gasteiger partial charge in [0, 0.05) is 6.04 Å². The molecule has 0 fully saturated rings. The molecule has 0 rings (SSSR count). The van der Waals surface area contributed by atoms with Crippen molar-refractivity contribution in [3.63, 3.8) is 0 Å². The van der Waals surface area contributed by atoms with Crippen molar-refractivity contribution in [1.29, 1.82) is 0 Å². The zero-order valence-electron chi connectivity index (χ0n) is 11.5. The molecule has 0 aliphatic heterocycles. The van der Waals surface area contributed by atoms with E-state index in [2.05, 4.69) is 52.9 Å². The Morgan fingerprint density at radius 1 is 1.27 bits per heavy atom. The molecule has 0 aromatic heterocycles. The van der Waals surface area contributed by atoms with E-state index in [4.69, 9.17) is 0 Å². The fourth-order valence-electron chi connectivity index (χ4n) is 1.36. The van der Waals surface area contributed by atoms with Gasteiger partial charge in [0.25, 0.3) is 0 Å². The summed E-state index contributed by atoms with van der Waals surface area (Å²) in [5.41, 5.74) is 2.00. The molecule has 0 aromatic carbocycles. The topological polar surface area (TPSA) is 12.0 Å². The molecule has 90 valence electrons. The summed E-state index contributed by atoms with van der Waals surface area (Å²) in [6.07, 6.45) is 6.06. The summed E-state index contributed by atoms with van der Waals surface area (Å²) in [6, 6.07) is 0.605. The Balaban J connectivity index is 3.61. The normalized spacial score (nSPS) is 13.7. The molecule has 0 saturated carbocycles. The second-order valence-corrected chi connectivity index (χ2v) is 6.01. The highest BCUT2D eigenvalue weighted by molar-refractivity contribution is 4.98. The summed E-state index contributed by atoms with van der Waals surface area (Å²) in [6.45, 7) is 14.7. The van der Waals surface area contributed by atoms with E-state index >= 15 is 0 Å². The molecule has 0 unspecified atom stereocenters. The van der Waals surface area contributed by atoms with Gasteiger partial charge in [0.1, 0.15) is 0 Å². The summed E-state index contributed by atoms with van der Waals surface area (Å²) in [5, 5.41) is 3.43. The number of nitrogens with one attached hydrogen (secondary N) is 1. The van der Waals surface area contributed by atoms with Gasteiger partial charge in [0.15, 0.2) is 0 Å². The lowest BCUT2D eigenvalue weighted by molar-refractivity contribution is 0.377. The molecular weight excluding hydrogens is 182 g/mol. The molecule has 0 bridgehead atoms. The molecule has 0 atom stereocenters. The Hall–Kier alpha value is -0.300. The van der Waals surface area contributed by atoms with Gasteiger partial charge >= 0.3 is 0 Å². The summed E-state index contributed by atoms with van der Waals surface area (Å²) >= 11 is 0. The first-order valence-corrected chi connectivity index (χ1v) is 6.20. The number of allylic oxidation sites excluding steroid dienone is 1. The Bertz CT molecular complexity index is 184. The average molecular weight is 211 g/mol. The zero-order chi connectivity index (χ0) is 11.9. The van der Waals surface area contributed by atoms with Crippen LogP contribution in [0.2, 0.25) is 0 Å². The van der Waals surface area contributed by atoms with E-state index in [1.807, 2.05) is 0 Å². The molecule has 0 saturated heterocycles. The molecular formula is C14H29N. The predicted octanol–water partition coefficient (Wildman–Crippen LogP) is 4.15. The first-order chi connectivity index (χ1) is 6.81. The quantitative estimate of drug-likeness (QED) is 0.514. The third-order valence-corrected chi connectivity index (χ3v) is 2.46. The summed E-state index contributed by atoms with van der Waals surface area (Å²) in [5.74, 6) is 0. The van der Waals surface area contributed by atoms with Gasteiger partial charge in [0.2, 0.25) is 0 Å². The molecule has 0 aromatic rings. The predicted molar refractivity (Wildman–Crippen MR) is 70.2 cm³/mol. The molecule has 0 aliphatic carbocycles. The third-order valence-electron chi connectivity index (χ3n) is 2.46. The van der Waals surface area contributed by atoms with Gasteiger partial charge < -0.3 is 5.32 Å². The van der Waals surface area contributed by atoms with Gasteiger partial charge in [-0.15, -0.1) is 0 Å². The Morgan fingerprint density at radius 3 is 2.33 bits per heavy atom. The van der Waals surface area contributed by atoms with Crippen LogP contribution in [-0.4, -0.2) is 12.6 Å². The van der Waals surface area contributed by atoms with Gasteiger partial charge in [0.05, 0.1) is 0 Å². The fourth-order valence-corrected chi connectivity index (χ4v) is 1.36. The standard InChI is InChI=1S/C14H29N/c1-12(2)15-11-7-8-13(3)9-10-14(4,5)6/h8,12,15H,7,9-11H2,1-6H3. The van der Waals surface area contributed by atoms with E-state index in [-0.39, 0.29) is 0 Å². The van der Waals surface area contributed by atoms with Gasteiger partial charge in [-0.2, -0.15) is 0 Å². The lowest BCUT2D eigenvalue weighted by atomic mass is 9.89. The lowest BCUT2D eigenvalue weighted by Gasteiger charge is -2.17. The number of hydrogen-bond acceptors (Lipinski definition) is 1. The van der Waals surface area contributed by atoms with E-state index in [9.17, 15) is 0 Å². The fraction of sp³-hybridized carbons (Fsp3) is 0.857. The molecule has 1 heteroatoms. The van der Waals surface area contributed by atoms with Crippen LogP contribution in [0.4, 0.5) is 0 Å². The van der Waals surface area contributed by atoms with Crippen LogP contribution < -0.4 is 5.32 Å². The van der Waals surface area contributed by atoms with E-state index in [1.165, 1.54) is 18.4 Å². The minimum atomic E-state index is 0.464. The van der Waals surface area contributed by atoms with Gasteiger partial charge in [-0.3, -0.25) is 0 Å². The van der Waals surface area contributed by atoms with Crippen LogP contribution in [0.5, 0.6) is 0 Å². The van der Waals surface area contributed by atoms with Crippen LogP contribution >= 0.6 is 0 Å². The molecule has 0 spiro atoms. The maximum atomic E-state index is 3.43.